The Morgan fingerprint density at radius 3 is 2.69 bits per heavy atom. The zero-order valence-electron chi connectivity index (χ0n) is 7.31. The Balaban J connectivity index is 2.87. The van der Waals surface area contributed by atoms with Crippen LogP contribution in [0.1, 0.15) is 24.2 Å². The molecule has 1 heterocycles. The number of hydrogen-bond acceptors (Lipinski definition) is 4. The summed E-state index contributed by atoms with van der Waals surface area (Å²) in [6.07, 6.45) is 0.804. The third-order valence-corrected chi connectivity index (χ3v) is 1.78. The molecule has 68 valence electrons. The molecule has 0 unspecified atom stereocenters. The van der Waals surface area contributed by atoms with Crippen molar-refractivity contribution in [1.82, 2.24) is 4.98 Å². The highest BCUT2D eigenvalue weighted by molar-refractivity contribution is 5.27. The predicted octanol–water partition coefficient (Wildman–Crippen LogP) is 0.334. The summed E-state index contributed by atoms with van der Waals surface area (Å²) >= 11 is 0. The first-order valence-corrected chi connectivity index (χ1v) is 3.95. The van der Waals surface area contributed by atoms with Crippen molar-refractivity contribution in [2.24, 2.45) is 5.73 Å². The van der Waals surface area contributed by atoms with Gasteiger partial charge >= 0.3 is 0 Å². The second kappa shape index (κ2) is 3.99. The average molecular weight is 177 g/mol. The van der Waals surface area contributed by atoms with Gasteiger partial charge in [0, 0.05) is 6.20 Å². The van der Waals surface area contributed by atoms with Gasteiger partial charge in [-0.25, -0.2) is 0 Å². The Kier molecular flexibility index (Phi) is 2.96. The Hall–Kier alpha value is -1.44. The zero-order chi connectivity index (χ0) is 9.84. The quantitative estimate of drug-likeness (QED) is 0.682. The minimum Gasteiger partial charge on any atom is -0.391 e. The number of rotatable bonds is 2. The van der Waals surface area contributed by atoms with Gasteiger partial charge < -0.3 is 10.8 Å². The molecule has 13 heavy (non-hydrogen) atoms. The first kappa shape index (κ1) is 9.65. The number of aliphatic hydroxyl groups excluding tert-OH is 1. The highest BCUT2D eigenvalue weighted by atomic mass is 16.3. The number of aliphatic hydroxyl groups is 1. The van der Waals surface area contributed by atoms with Crippen LogP contribution in [0.5, 0.6) is 0 Å². The standard InChI is InChI=1S/C9H11N3O/c1-6(13)9(11)8-3-2-7(4-10)5-12-8/h2-3,5-6,9,13H,11H2,1H3/t6-,9+/m0/s1. The highest BCUT2D eigenvalue weighted by Gasteiger charge is 2.12. The summed E-state index contributed by atoms with van der Waals surface area (Å²) in [5.41, 5.74) is 6.71. The van der Waals surface area contributed by atoms with Gasteiger partial charge in [-0.05, 0) is 19.1 Å². The molecule has 2 atom stereocenters. The third kappa shape index (κ3) is 2.25. The minimum atomic E-state index is -0.638. The van der Waals surface area contributed by atoms with E-state index in [1.54, 1.807) is 19.1 Å². The lowest BCUT2D eigenvalue weighted by Gasteiger charge is -2.13. The van der Waals surface area contributed by atoms with Crippen LogP contribution in [-0.4, -0.2) is 16.2 Å². The van der Waals surface area contributed by atoms with Crippen LogP contribution in [0.2, 0.25) is 0 Å². The van der Waals surface area contributed by atoms with Gasteiger partial charge in [-0.1, -0.05) is 0 Å². The molecule has 3 N–H and O–H groups in total. The van der Waals surface area contributed by atoms with Gasteiger partial charge in [-0.3, -0.25) is 4.98 Å². The van der Waals surface area contributed by atoms with Crippen molar-refractivity contribution in [2.45, 2.75) is 19.1 Å². The molecular weight excluding hydrogens is 166 g/mol. The molecular formula is C9H11N3O. The van der Waals surface area contributed by atoms with Crippen LogP contribution >= 0.6 is 0 Å². The van der Waals surface area contributed by atoms with Gasteiger partial charge in [-0.2, -0.15) is 5.26 Å². The molecule has 4 nitrogen and oxygen atoms in total. The summed E-state index contributed by atoms with van der Waals surface area (Å²) in [7, 11) is 0. The second-order valence-electron chi connectivity index (χ2n) is 2.85. The maximum absolute atomic E-state index is 9.17. The number of pyridine rings is 1. The van der Waals surface area contributed by atoms with Crippen LogP contribution in [0.3, 0.4) is 0 Å². The Labute approximate surface area is 76.6 Å². The van der Waals surface area contributed by atoms with E-state index >= 15 is 0 Å². The molecule has 0 radical (unpaired) electrons. The number of hydrogen-bond donors (Lipinski definition) is 2. The number of nitriles is 1. The van der Waals surface area contributed by atoms with Crippen molar-refractivity contribution < 1.29 is 5.11 Å². The third-order valence-electron chi connectivity index (χ3n) is 1.78. The normalized spacial score (nSPS) is 14.6. The summed E-state index contributed by atoms with van der Waals surface area (Å²) in [5.74, 6) is 0. The number of aromatic nitrogens is 1. The average Bonchev–Trinajstić information content (AvgIpc) is 2.17. The number of nitrogens with two attached hydrogens (primary N) is 1. The largest absolute Gasteiger partial charge is 0.391 e. The molecule has 1 aromatic heterocycles. The molecule has 0 saturated heterocycles. The fourth-order valence-electron chi connectivity index (χ4n) is 0.916. The Morgan fingerprint density at radius 1 is 1.62 bits per heavy atom. The molecule has 0 aromatic carbocycles. The molecule has 0 aliphatic heterocycles. The molecule has 0 fully saturated rings. The Bertz CT molecular complexity index is 313. The maximum atomic E-state index is 9.17. The van der Waals surface area contributed by atoms with E-state index in [1.807, 2.05) is 6.07 Å². The fourth-order valence-corrected chi connectivity index (χ4v) is 0.916. The van der Waals surface area contributed by atoms with Gasteiger partial charge in [0.15, 0.2) is 0 Å². The summed E-state index contributed by atoms with van der Waals surface area (Å²) in [6.45, 7) is 1.60. The van der Waals surface area contributed by atoms with Crippen LogP contribution in [-0.2, 0) is 0 Å². The molecule has 0 spiro atoms. The van der Waals surface area contributed by atoms with Crippen molar-refractivity contribution in [1.29, 1.82) is 5.26 Å². The topological polar surface area (TPSA) is 82.9 Å². The monoisotopic (exact) mass is 177 g/mol. The molecule has 0 aliphatic rings. The maximum Gasteiger partial charge on any atom is 0.101 e. The molecule has 0 aliphatic carbocycles. The van der Waals surface area contributed by atoms with Crippen molar-refractivity contribution >= 4 is 0 Å². The molecule has 1 aromatic rings. The minimum absolute atomic E-state index is 0.488. The van der Waals surface area contributed by atoms with Crippen LogP contribution in [0.25, 0.3) is 0 Å². The van der Waals surface area contributed by atoms with Gasteiger partial charge in [0.05, 0.1) is 23.4 Å². The van der Waals surface area contributed by atoms with Crippen molar-refractivity contribution in [2.75, 3.05) is 0 Å². The van der Waals surface area contributed by atoms with E-state index < -0.39 is 12.1 Å². The molecule has 0 amide bonds. The van der Waals surface area contributed by atoms with E-state index in [4.69, 9.17) is 11.0 Å². The first-order chi connectivity index (χ1) is 6.15. The second-order valence-corrected chi connectivity index (χ2v) is 2.85. The summed E-state index contributed by atoms with van der Waals surface area (Å²) in [5, 5.41) is 17.7. The molecule has 1 rings (SSSR count). The lowest BCUT2D eigenvalue weighted by molar-refractivity contribution is 0.162. The van der Waals surface area contributed by atoms with Gasteiger partial charge in [-0.15, -0.1) is 0 Å². The van der Waals surface area contributed by atoms with Gasteiger partial charge in [0.1, 0.15) is 6.07 Å². The lowest BCUT2D eigenvalue weighted by Crippen LogP contribution is -2.24. The zero-order valence-corrected chi connectivity index (χ0v) is 7.31. The molecule has 0 bridgehead atoms. The lowest BCUT2D eigenvalue weighted by atomic mass is 10.1. The van der Waals surface area contributed by atoms with E-state index in [2.05, 4.69) is 4.98 Å². The molecule has 0 saturated carbocycles. The van der Waals surface area contributed by atoms with Crippen LogP contribution in [0.4, 0.5) is 0 Å². The van der Waals surface area contributed by atoms with E-state index in [0.29, 0.717) is 11.3 Å². The summed E-state index contributed by atoms with van der Waals surface area (Å²) in [6, 6.07) is 4.74. The van der Waals surface area contributed by atoms with E-state index in [-0.39, 0.29) is 0 Å². The van der Waals surface area contributed by atoms with Crippen molar-refractivity contribution in [3.63, 3.8) is 0 Å². The van der Waals surface area contributed by atoms with Crippen molar-refractivity contribution in [3.8, 4) is 6.07 Å². The van der Waals surface area contributed by atoms with Crippen LogP contribution in [0.15, 0.2) is 18.3 Å². The first-order valence-electron chi connectivity index (χ1n) is 3.95. The van der Waals surface area contributed by atoms with E-state index in [9.17, 15) is 5.11 Å². The number of nitrogens with zero attached hydrogens (tertiary/aromatic N) is 2. The molecule has 4 heteroatoms. The van der Waals surface area contributed by atoms with Crippen molar-refractivity contribution in [3.05, 3.63) is 29.6 Å². The smallest absolute Gasteiger partial charge is 0.101 e. The van der Waals surface area contributed by atoms with Crippen LogP contribution in [0, 0.1) is 11.3 Å². The van der Waals surface area contributed by atoms with E-state index in [0.717, 1.165) is 0 Å². The summed E-state index contributed by atoms with van der Waals surface area (Å²) in [4.78, 5) is 3.96. The SMILES string of the molecule is C[C@H](O)[C@@H](N)c1ccc(C#N)cn1. The van der Waals surface area contributed by atoms with Crippen LogP contribution < -0.4 is 5.73 Å². The van der Waals surface area contributed by atoms with Gasteiger partial charge in [0.2, 0.25) is 0 Å². The Morgan fingerprint density at radius 2 is 2.31 bits per heavy atom. The predicted molar refractivity (Wildman–Crippen MR) is 47.6 cm³/mol. The highest BCUT2D eigenvalue weighted by Crippen LogP contribution is 2.11. The van der Waals surface area contributed by atoms with Gasteiger partial charge in [0.25, 0.3) is 0 Å². The summed E-state index contributed by atoms with van der Waals surface area (Å²) < 4.78 is 0. The fraction of sp³-hybridized carbons (Fsp3) is 0.333. The van der Waals surface area contributed by atoms with E-state index in [1.165, 1.54) is 6.20 Å².